The Morgan fingerprint density at radius 1 is 1.35 bits per heavy atom. The number of nitrogens with zero attached hydrogens (tertiary/aromatic N) is 1. The predicted molar refractivity (Wildman–Crippen MR) is 81.9 cm³/mol. The van der Waals surface area contributed by atoms with Crippen LogP contribution in [0, 0.1) is 17.1 Å². The van der Waals surface area contributed by atoms with E-state index in [1.165, 1.54) is 18.2 Å². The maximum absolute atomic E-state index is 13.7. The molecule has 2 N–H and O–H groups in total. The molecule has 1 rings (SSSR count). The lowest BCUT2D eigenvalue weighted by atomic mass is 10.0. The SMILES string of the molecule is CC(C)(C)OC(=O)NC(Cc1ccccc1F)C(=O)NCC#N. The van der Waals surface area contributed by atoms with Gasteiger partial charge < -0.3 is 15.4 Å². The van der Waals surface area contributed by atoms with Crippen LogP contribution in [0.1, 0.15) is 26.3 Å². The molecule has 6 nitrogen and oxygen atoms in total. The summed E-state index contributed by atoms with van der Waals surface area (Å²) in [6.07, 6.45) is -0.839. The van der Waals surface area contributed by atoms with Crippen molar-refractivity contribution in [1.82, 2.24) is 10.6 Å². The van der Waals surface area contributed by atoms with Gasteiger partial charge in [0.15, 0.2) is 0 Å². The Morgan fingerprint density at radius 3 is 2.57 bits per heavy atom. The van der Waals surface area contributed by atoms with Crippen molar-refractivity contribution >= 4 is 12.0 Å². The number of carbonyl (C=O) groups excluding carboxylic acids is 2. The molecular weight excluding hydrogens is 301 g/mol. The zero-order chi connectivity index (χ0) is 17.5. The zero-order valence-electron chi connectivity index (χ0n) is 13.4. The van der Waals surface area contributed by atoms with Crippen LogP contribution < -0.4 is 10.6 Å². The van der Waals surface area contributed by atoms with Crippen LogP contribution in [0.25, 0.3) is 0 Å². The van der Waals surface area contributed by atoms with Crippen LogP contribution in [-0.2, 0) is 16.0 Å². The van der Waals surface area contributed by atoms with Crippen LogP contribution >= 0.6 is 0 Å². The van der Waals surface area contributed by atoms with Crippen LogP contribution in [-0.4, -0.2) is 30.2 Å². The molecular formula is C16H20FN3O3. The van der Waals surface area contributed by atoms with E-state index < -0.39 is 29.5 Å². The highest BCUT2D eigenvalue weighted by Gasteiger charge is 2.25. The molecule has 23 heavy (non-hydrogen) atoms. The third-order valence-electron chi connectivity index (χ3n) is 2.73. The minimum Gasteiger partial charge on any atom is -0.444 e. The van der Waals surface area contributed by atoms with E-state index in [1.54, 1.807) is 32.9 Å². The average molecular weight is 321 g/mol. The van der Waals surface area contributed by atoms with Crippen molar-refractivity contribution in [2.45, 2.75) is 38.8 Å². The summed E-state index contributed by atoms with van der Waals surface area (Å²) in [6, 6.07) is 6.69. The Balaban J connectivity index is 2.85. The fraction of sp³-hybridized carbons (Fsp3) is 0.438. The molecule has 0 radical (unpaired) electrons. The summed E-state index contributed by atoms with van der Waals surface area (Å²) in [7, 11) is 0. The van der Waals surface area contributed by atoms with Crippen LogP contribution in [0.15, 0.2) is 24.3 Å². The van der Waals surface area contributed by atoms with Crippen molar-refractivity contribution in [1.29, 1.82) is 5.26 Å². The van der Waals surface area contributed by atoms with Gasteiger partial charge in [0.05, 0.1) is 6.07 Å². The van der Waals surface area contributed by atoms with Gasteiger partial charge in [-0.15, -0.1) is 0 Å². The van der Waals surface area contributed by atoms with Gasteiger partial charge in [0, 0.05) is 6.42 Å². The van der Waals surface area contributed by atoms with Crippen molar-refractivity contribution in [2.24, 2.45) is 0 Å². The number of nitrogens with one attached hydrogen (secondary N) is 2. The van der Waals surface area contributed by atoms with Crippen molar-refractivity contribution in [3.63, 3.8) is 0 Å². The Bertz CT molecular complexity index is 605. The molecule has 0 fully saturated rings. The fourth-order valence-electron chi connectivity index (χ4n) is 1.79. The molecule has 0 spiro atoms. The van der Waals surface area contributed by atoms with E-state index in [2.05, 4.69) is 10.6 Å². The van der Waals surface area contributed by atoms with E-state index in [4.69, 9.17) is 10.00 Å². The first-order valence-corrected chi connectivity index (χ1v) is 7.10. The molecule has 0 heterocycles. The van der Waals surface area contributed by atoms with Crippen molar-refractivity contribution < 1.29 is 18.7 Å². The highest BCUT2D eigenvalue weighted by atomic mass is 19.1. The largest absolute Gasteiger partial charge is 0.444 e. The Kier molecular flexibility index (Phi) is 6.51. The molecule has 0 aliphatic carbocycles. The normalized spacial score (nSPS) is 12.0. The highest BCUT2D eigenvalue weighted by Crippen LogP contribution is 2.11. The van der Waals surface area contributed by atoms with Crippen LogP contribution in [0.5, 0.6) is 0 Å². The van der Waals surface area contributed by atoms with Crippen LogP contribution in [0.2, 0.25) is 0 Å². The summed E-state index contributed by atoms with van der Waals surface area (Å²) in [6.45, 7) is 4.86. The van der Waals surface area contributed by atoms with Crippen molar-refractivity contribution in [3.8, 4) is 6.07 Å². The third kappa shape index (κ3) is 6.78. The second-order valence-electron chi connectivity index (χ2n) is 5.87. The van der Waals surface area contributed by atoms with E-state index in [0.717, 1.165) is 0 Å². The first kappa shape index (κ1) is 18.4. The summed E-state index contributed by atoms with van der Waals surface area (Å²) in [5.74, 6) is -1.06. The van der Waals surface area contributed by atoms with E-state index in [1.807, 2.05) is 0 Å². The summed E-state index contributed by atoms with van der Waals surface area (Å²) in [5.41, 5.74) is -0.448. The molecule has 7 heteroatoms. The molecule has 1 aromatic rings. The molecule has 0 saturated heterocycles. The van der Waals surface area contributed by atoms with Gasteiger partial charge in [-0.3, -0.25) is 4.79 Å². The molecule has 0 saturated carbocycles. The van der Waals surface area contributed by atoms with Gasteiger partial charge in [-0.1, -0.05) is 18.2 Å². The van der Waals surface area contributed by atoms with Crippen LogP contribution in [0.4, 0.5) is 9.18 Å². The lowest BCUT2D eigenvalue weighted by molar-refractivity contribution is -0.122. The summed E-state index contributed by atoms with van der Waals surface area (Å²) in [4.78, 5) is 23.9. The molecule has 2 amide bonds. The summed E-state index contributed by atoms with van der Waals surface area (Å²) >= 11 is 0. The lowest BCUT2D eigenvalue weighted by Crippen LogP contribution is -2.49. The summed E-state index contributed by atoms with van der Waals surface area (Å²) < 4.78 is 18.8. The molecule has 0 aliphatic heterocycles. The third-order valence-corrected chi connectivity index (χ3v) is 2.73. The number of halogens is 1. The number of carbonyl (C=O) groups is 2. The minimum absolute atomic E-state index is 0.0524. The molecule has 0 aliphatic rings. The number of hydrogen-bond acceptors (Lipinski definition) is 4. The minimum atomic E-state index is -1.05. The van der Waals surface area contributed by atoms with E-state index >= 15 is 0 Å². The second kappa shape index (κ2) is 8.13. The number of alkyl carbamates (subject to hydrolysis) is 1. The van der Waals surface area contributed by atoms with Crippen molar-refractivity contribution in [2.75, 3.05) is 6.54 Å². The van der Waals surface area contributed by atoms with Gasteiger partial charge in [-0.25, -0.2) is 9.18 Å². The zero-order valence-corrected chi connectivity index (χ0v) is 13.4. The van der Waals surface area contributed by atoms with Gasteiger partial charge >= 0.3 is 6.09 Å². The maximum atomic E-state index is 13.7. The molecule has 1 unspecified atom stereocenters. The van der Waals surface area contributed by atoms with Crippen molar-refractivity contribution in [3.05, 3.63) is 35.6 Å². The molecule has 1 atom stereocenters. The van der Waals surface area contributed by atoms with E-state index in [0.29, 0.717) is 0 Å². The Labute approximate surface area is 134 Å². The van der Waals surface area contributed by atoms with Gasteiger partial charge in [-0.2, -0.15) is 5.26 Å². The van der Waals surface area contributed by atoms with E-state index in [9.17, 15) is 14.0 Å². The Hall–Kier alpha value is -2.62. The molecule has 0 aromatic heterocycles. The number of benzene rings is 1. The second-order valence-corrected chi connectivity index (χ2v) is 5.87. The number of ether oxygens (including phenoxy) is 1. The summed E-state index contributed by atoms with van der Waals surface area (Å²) in [5, 5.41) is 13.3. The lowest BCUT2D eigenvalue weighted by Gasteiger charge is -2.23. The smallest absolute Gasteiger partial charge is 0.408 e. The van der Waals surface area contributed by atoms with Gasteiger partial charge in [0.25, 0.3) is 0 Å². The Morgan fingerprint density at radius 2 is 2.00 bits per heavy atom. The van der Waals surface area contributed by atoms with Crippen LogP contribution in [0.3, 0.4) is 0 Å². The number of amides is 2. The first-order valence-electron chi connectivity index (χ1n) is 7.10. The topological polar surface area (TPSA) is 91.2 Å². The quantitative estimate of drug-likeness (QED) is 0.810. The number of hydrogen-bond donors (Lipinski definition) is 2. The number of rotatable bonds is 5. The molecule has 124 valence electrons. The van der Waals surface area contributed by atoms with Gasteiger partial charge in [-0.05, 0) is 32.4 Å². The number of nitriles is 1. The van der Waals surface area contributed by atoms with E-state index in [-0.39, 0.29) is 18.5 Å². The standard InChI is InChI=1S/C16H20FN3O3/c1-16(2,3)23-15(22)20-13(14(21)19-9-8-18)10-11-6-4-5-7-12(11)17/h4-7,13H,9-10H2,1-3H3,(H,19,21)(H,20,22). The first-order chi connectivity index (χ1) is 10.7. The molecule has 0 bridgehead atoms. The molecule has 1 aromatic carbocycles. The fourth-order valence-corrected chi connectivity index (χ4v) is 1.79. The average Bonchev–Trinajstić information content (AvgIpc) is 2.44. The highest BCUT2D eigenvalue weighted by molar-refractivity contribution is 5.86. The van der Waals surface area contributed by atoms with Gasteiger partial charge in [0.1, 0.15) is 24.0 Å². The predicted octanol–water partition coefficient (Wildman–Crippen LogP) is 1.90. The van der Waals surface area contributed by atoms with Gasteiger partial charge in [0.2, 0.25) is 5.91 Å². The maximum Gasteiger partial charge on any atom is 0.408 e. The monoisotopic (exact) mass is 321 g/mol.